The largest absolute Gasteiger partial charge is 0.467 e. The molecule has 2 atom stereocenters. The van der Waals surface area contributed by atoms with Gasteiger partial charge in [0.25, 0.3) is 0 Å². The number of piperidine rings is 1. The molecule has 0 bridgehead atoms. The zero-order chi connectivity index (χ0) is 22.0. The van der Waals surface area contributed by atoms with E-state index in [0.717, 1.165) is 30.5 Å². The summed E-state index contributed by atoms with van der Waals surface area (Å²) >= 11 is 1.37. The van der Waals surface area contributed by atoms with Gasteiger partial charge in [-0.2, -0.15) is 5.10 Å². The molecule has 1 aliphatic rings. The maximum Gasteiger partial charge on any atom is 0.235 e. The Kier molecular flexibility index (Phi) is 6.35. The van der Waals surface area contributed by atoms with Crippen molar-refractivity contribution < 1.29 is 9.21 Å². The van der Waals surface area contributed by atoms with Gasteiger partial charge in [-0.05, 0) is 37.3 Å². The fraction of sp³-hybridized carbons (Fsp3) is 0.524. The Balaban J connectivity index is 1.50. The minimum atomic E-state index is -0.109. The molecular weight excluding hydrogens is 414 g/mol. The standard InChI is InChI=1S/C21H29N7O2S/c1-14-8-15(2)11-27(10-14)20-23-24-21(28(20)12-17-6-5-7-30-17)31-13-19(29)22-18-9-16(3)25-26(18)4/h5-7,9,14-15H,8,10-13H2,1-4H3,(H,22,29). The van der Waals surface area contributed by atoms with Crippen molar-refractivity contribution in [1.29, 1.82) is 0 Å². The number of aryl methyl sites for hydroxylation is 2. The normalized spacial score (nSPS) is 19.0. The van der Waals surface area contributed by atoms with Crippen LogP contribution >= 0.6 is 11.8 Å². The van der Waals surface area contributed by atoms with Crippen LogP contribution in [0.3, 0.4) is 0 Å². The van der Waals surface area contributed by atoms with E-state index < -0.39 is 0 Å². The maximum absolute atomic E-state index is 12.5. The number of carbonyl (C=O) groups is 1. The van der Waals surface area contributed by atoms with Crippen molar-refractivity contribution in [3.05, 3.63) is 35.9 Å². The predicted molar refractivity (Wildman–Crippen MR) is 120 cm³/mol. The van der Waals surface area contributed by atoms with Gasteiger partial charge >= 0.3 is 0 Å². The lowest BCUT2D eigenvalue weighted by molar-refractivity contribution is -0.113. The molecule has 1 saturated heterocycles. The Hall–Kier alpha value is -2.75. The molecule has 1 amide bonds. The highest BCUT2D eigenvalue weighted by atomic mass is 32.2. The van der Waals surface area contributed by atoms with E-state index in [-0.39, 0.29) is 11.7 Å². The van der Waals surface area contributed by atoms with Crippen LogP contribution in [0.15, 0.2) is 34.0 Å². The number of aromatic nitrogens is 5. The quantitative estimate of drug-likeness (QED) is 0.561. The summed E-state index contributed by atoms with van der Waals surface area (Å²) in [4.78, 5) is 14.8. The number of hydrogen-bond acceptors (Lipinski definition) is 7. The molecule has 2 unspecified atom stereocenters. The number of furan rings is 1. The lowest BCUT2D eigenvalue weighted by Gasteiger charge is -2.35. The summed E-state index contributed by atoms with van der Waals surface area (Å²) in [6.45, 7) is 8.87. The third-order valence-electron chi connectivity index (χ3n) is 5.34. The Morgan fingerprint density at radius 3 is 2.71 bits per heavy atom. The molecule has 0 saturated carbocycles. The molecule has 0 aromatic carbocycles. The average Bonchev–Trinajstić information content (AvgIpc) is 3.41. The van der Waals surface area contributed by atoms with E-state index in [1.54, 1.807) is 10.9 Å². The maximum atomic E-state index is 12.5. The van der Waals surface area contributed by atoms with Crippen LogP contribution in [-0.4, -0.2) is 49.3 Å². The van der Waals surface area contributed by atoms with Crippen molar-refractivity contribution in [2.45, 2.75) is 38.9 Å². The molecular formula is C21H29N7O2S. The second-order valence-electron chi connectivity index (χ2n) is 8.43. The molecule has 4 heterocycles. The summed E-state index contributed by atoms with van der Waals surface area (Å²) in [5, 5.41) is 16.8. The summed E-state index contributed by atoms with van der Waals surface area (Å²) in [7, 11) is 1.81. The monoisotopic (exact) mass is 443 g/mol. The molecule has 1 aliphatic heterocycles. The molecule has 3 aromatic heterocycles. The van der Waals surface area contributed by atoms with Crippen LogP contribution in [0.4, 0.5) is 11.8 Å². The predicted octanol–water partition coefficient (Wildman–Crippen LogP) is 3.17. The van der Waals surface area contributed by atoms with Crippen molar-refractivity contribution in [2.75, 3.05) is 29.1 Å². The number of carbonyl (C=O) groups excluding carboxylic acids is 1. The highest BCUT2D eigenvalue weighted by Gasteiger charge is 2.27. The first-order valence-corrected chi connectivity index (χ1v) is 11.5. The van der Waals surface area contributed by atoms with Gasteiger partial charge in [0.15, 0.2) is 5.16 Å². The lowest BCUT2D eigenvalue weighted by Crippen LogP contribution is -2.40. The molecule has 9 nitrogen and oxygen atoms in total. The van der Waals surface area contributed by atoms with Crippen LogP contribution in [0.1, 0.15) is 31.7 Å². The number of nitrogens with one attached hydrogen (secondary N) is 1. The van der Waals surface area contributed by atoms with Crippen molar-refractivity contribution >= 4 is 29.4 Å². The van der Waals surface area contributed by atoms with Gasteiger partial charge in [0.1, 0.15) is 11.6 Å². The summed E-state index contributed by atoms with van der Waals surface area (Å²) < 4.78 is 9.29. The molecule has 0 aliphatic carbocycles. The molecule has 4 rings (SSSR count). The number of anilines is 2. The van der Waals surface area contributed by atoms with E-state index in [0.29, 0.717) is 29.4 Å². The first-order valence-electron chi connectivity index (χ1n) is 10.5. The molecule has 3 aromatic rings. The van der Waals surface area contributed by atoms with Crippen LogP contribution < -0.4 is 10.2 Å². The number of hydrogen-bond donors (Lipinski definition) is 1. The van der Waals surface area contributed by atoms with E-state index in [2.05, 4.69) is 43.9 Å². The Morgan fingerprint density at radius 2 is 2.06 bits per heavy atom. The van der Waals surface area contributed by atoms with Crippen LogP contribution in [0.2, 0.25) is 0 Å². The lowest BCUT2D eigenvalue weighted by atomic mass is 9.92. The fourth-order valence-corrected chi connectivity index (χ4v) is 4.91. The number of nitrogens with zero attached hydrogens (tertiary/aromatic N) is 6. The van der Waals surface area contributed by atoms with Gasteiger partial charge in [-0.1, -0.05) is 25.6 Å². The molecule has 0 radical (unpaired) electrons. The van der Waals surface area contributed by atoms with Gasteiger partial charge in [-0.15, -0.1) is 10.2 Å². The van der Waals surface area contributed by atoms with E-state index in [1.807, 2.05) is 32.2 Å². The first kappa shape index (κ1) is 21.5. The molecule has 166 valence electrons. The summed E-state index contributed by atoms with van der Waals surface area (Å²) in [5.41, 5.74) is 0.860. The van der Waals surface area contributed by atoms with Gasteiger partial charge in [0.05, 0.1) is 24.3 Å². The van der Waals surface area contributed by atoms with Crippen LogP contribution in [-0.2, 0) is 18.4 Å². The third kappa shape index (κ3) is 5.12. The number of amides is 1. The molecule has 1 fully saturated rings. The minimum Gasteiger partial charge on any atom is -0.467 e. The topological polar surface area (TPSA) is 94.0 Å². The van der Waals surface area contributed by atoms with Crippen molar-refractivity contribution in [2.24, 2.45) is 18.9 Å². The molecule has 31 heavy (non-hydrogen) atoms. The highest BCUT2D eigenvalue weighted by Crippen LogP contribution is 2.29. The van der Waals surface area contributed by atoms with E-state index in [1.165, 1.54) is 18.2 Å². The second-order valence-corrected chi connectivity index (χ2v) is 9.37. The molecule has 10 heteroatoms. The summed E-state index contributed by atoms with van der Waals surface area (Å²) in [6.07, 6.45) is 2.89. The SMILES string of the molecule is Cc1cc(NC(=O)CSc2nnc(N3CC(C)CC(C)C3)n2Cc2ccco2)n(C)n1. The Labute approximate surface area is 186 Å². The summed E-state index contributed by atoms with van der Waals surface area (Å²) in [6, 6.07) is 5.66. The van der Waals surface area contributed by atoms with Crippen LogP contribution in [0.5, 0.6) is 0 Å². The van der Waals surface area contributed by atoms with Crippen molar-refractivity contribution in [3.63, 3.8) is 0 Å². The van der Waals surface area contributed by atoms with Gasteiger partial charge in [-0.25, -0.2) is 0 Å². The number of rotatable bonds is 7. The highest BCUT2D eigenvalue weighted by molar-refractivity contribution is 7.99. The zero-order valence-electron chi connectivity index (χ0n) is 18.4. The van der Waals surface area contributed by atoms with Gasteiger partial charge in [0, 0.05) is 26.2 Å². The van der Waals surface area contributed by atoms with Crippen molar-refractivity contribution in [1.82, 2.24) is 24.5 Å². The van der Waals surface area contributed by atoms with Crippen LogP contribution in [0, 0.1) is 18.8 Å². The smallest absolute Gasteiger partial charge is 0.235 e. The van der Waals surface area contributed by atoms with Gasteiger partial charge in [0.2, 0.25) is 11.9 Å². The number of thioether (sulfide) groups is 1. The zero-order valence-corrected chi connectivity index (χ0v) is 19.2. The second kappa shape index (κ2) is 9.17. The first-order chi connectivity index (χ1) is 14.9. The summed E-state index contributed by atoms with van der Waals surface area (Å²) in [5.74, 6) is 3.66. The fourth-order valence-electron chi connectivity index (χ4n) is 4.18. The van der Waals surface area contributed by atoms with Gasteiger partial charge < -0.3 is 14.6 Å². The average molecular weight is 444 g/mol. The van der Waals surface area contributed by atoms with E-state index >= 15 is 0 Å². The van der Waals surface area contributed by atoms with E-state index in [4.69, 9.17) is 4.42 Å². The van der Waals surface area contributed by atoms with E-state index in [9.17, 15) is 4.79 Å². The van der Waals surface area contributed by atoms with Crippen LogP contribution in [0.25, 0.3) is 0 Å². The van der Waals surface area contributed by atoms with Gasteiger partial charge in [-0.3, -0.25) is 14.0 Å². The Morgan fingerprint density at radius 1 is 1.29 bits per heavy atom. The van der Waals surface area contributed by atoms with Crippen molar-refractivity contribution in [3.8, 4) is 0 Å². The Bertz CT molecular complexity index is 1020. The molecule has 1 N–H and O–H groups in total. The molecule has 0 spiro atoms. The minimum absolute atomic E-state index is 0.109. The third-order valence-corrected chi connectivity index (χ3v) is 6.31.